The van der Waals surface area contributed by atoms with Crippen molar-refractivity contribution >= 4 is 34.0 Å². The molecule has 0 radical (unpaired) electrons. The van der Waals surface area contributed by atoms with Crippen LogP contribution in [-0.2, 0) is 13.0 Å². The van der Waals surface area contributed by atoms with E-state index in [9.17, 15) is 5.11 Å². The van der Waals surface area contributed by atoms with Gasteiger partial charge < -0.3 is 15.6 Å². The quantitative estimate of drug-likeness (QED) is 0.662. The molecule has 0 aliphatic carbocycles. The van der Waals surface area contributed by atoms with Gasteiger partial charge in [0.2, 0.25) is 0 Å². The Morgan fingerprint density at radius 3 is 2.60 bits per heavy atom. The molecule has 0 aliphatic rings. The number of fused-ring (bicyclic) bond motifs is 1. The zero-order valence-electron chi connectivity index (χ0n) is 13.6. The molecule has 0 bridgehead atoms. The normalized spacial score (nSPS) is 12.3. The summed E-state index contributed by atoms with van der Waals surface area (Å²) >= 11 is 12.2. The maximum atomic E-state index is 9.33. The van der Waals surface area contributed by atoms with Gasteiger partial charge in [0.1, 0.15) is 12.4 Å². The highest BCUT2D eigenvalue weighted by molar-refractivity contribution is 6.35. The maximum absolute atomic E-state index is 9.33. The summed E-state index contributed by atoms with van der Waals surface area (Å²) in [4.78, 5) is 0. The van der Waals surface area contributed by atoms with Crippen LogP contribution in [0.15, 0.2) is 54.6 Å². The molecule has 0 heterocycles. The summed E-state index contributed by atoms with van der Waals surface area (Å²) in [5.74, 6) is 0.744. The van der Waals surface area contributed by atoms with Gasteiger partial charge >= 0.3 is 0 Å². The fourth-order valence-electron chi connectivity index (χ4n) is 2.78. The van der Waals surface area contributed by atoms with Gasteiger partial charge in [0, 0.05) is 27.2 Å². The molecule has 0 aliphatic heterocycles. The number of aliphatic hydroxyl groups is 1. The zero-order chi connectivity index (χ0) is 17.8. The van der Waals surface area contributed by atoms with E-state index in [4.69, 9.17) is 33.7 Å². The molecular weight excluding hydrogens is 357 g/mol. The fourth-order valence-corrected chi connectivity index (χ4v) is 3.25. The Morgan fingerprint density at radius 1 is 1.04 bits per heavy atom. The summed E-state index contributed by atoms with van der Waals surface area (Å²) in [5, 5.41) is 12.7. The van der Waals surface area contributed by atoms with Crippen LogP contribution in [0.4, 0.5) is 0 Å². The summed E-state index contributed by atoms with van der Waals surface area (Å²) in [6, 6.07) is 17.0. The van der Waals surface area contributed by atoms with E-state index in [1.54, 1.807) is 12.1 Å². The number of benzene rings is 3. The number of halogens is 2. The second-order valence-corrected chi connectivity index (χ2v) is 6.78. The minimum absolute atomic E-state index is 0.0777. The van der Waals surface area contributed by atoms with Gasteiger partial charge in [-0.15, -0.1) is 0 Å². The molecule has 25 heavy (non-hydrogen) atoms. The summed E-state index contributed by atoms with van der Waals surface area (Å²) in [6.45, 7) is 0.251. The largest absolute Gasteiger partial charge is 0.489 e. The minimum atomic E-state index is -0.340. The second-order valence-electron chi connectivity index (χ2n) is 5.93. The van der Waals surface area contributed by atoms with Crippen LogP contribution in [0.2, 0.25) is 10.0 Å². The van der Waals surface area contributed by atoms with Crippen molar-refractivity contribution in [2.45, 2.75) is 19.1 Å². The van der Waals surface area contributed by atoms with Crippen molar-refractivity contribution in [1.29, 1.82) is 0 Å². The van der Waals surface area contributed by atoms with Crippen molar-refractivity contribution in [1.82, 2.24) is 0 Å². The van der Waals surface area contributed by atoms with Gasteiger partial charge in [-0.1, -0.05) is 59.6 Å². The van der Waals surface area contributed by atoms with E-state index >= 15 is 0 Å². The first-order valence-electron chi connectivity index (χ1n) is 8.02. The van der Waals surface area contributed by atoms with Crippen molar-refractivity contribution in [3.05, 3.63) is 75.8 Å². The van der Waals surface area contributed by atoms with Crippen LogP contribution in [0.5, 0.6) is 5.75 Å². The van der Waals surface area contributed by atoms with Crippen molar-refractivity contribution in [2.24, 2.45) is 5.73 Å². The van der Waals surface area contributed by atoms with Gasteiger partial charge in [0.25, 0.3) is 0 Å². The fraction of sp³-hybridized carbons (Fsp3) is 0.200. The number of hydrogen-bond acceptors (Lipinski definition) is 3. The predicted octanol–water partition coefficient (Wildman–Crippen LogP) is 4.59. The van der Waals surface area contributed by atoms with E-state index in [0.29, 0.717) is 23.1 Å². The first kappa shape index (κ1) is 18.0. The lowest BCUT2D eigenvalue weighted by molar-refractivity contribution is 0.262. The number of hydrogen-bond donors (Lipinski definition) is 2. The van der Waals surface area contributed by atoms with Crippen molar-refractivity contribution in [3.8, 4) is 5.75 Å². The van der Waals surface area contributed by atoms with Crippen LogP contribution >= 0.6 is 23.2 Å². The molecule has 3 N–H and O–H groups in total. The molecule has 1 unspecified atom stereocenters. The molecule has 1 atom stereocenters. The highest BCUT2D eigenvalue weighted by Crippen LogP contribution is 2.30. The van der Waals surface area contributed by atoms with Crippen LogP contribution in [-0.4, -0.2) is 17.8 Å². The van der Waals surface area contributed by atoms with Gasteiger partial charge in [-0.3, -0.25) is 0 Å². The van der Waals surface area contributed by atoms with Crippen molar-refractivity contribution in [3.63, 3.8) is 0 Å². The molecule has 0 saturated heterocycles. The molecule has 0 saturated carbocycles. The zero-order valence-corrected chi connectivity index (χ0v) is 15.1. The summed E-state index contributed by atoms with van der Waals surface area (Å²) in [5.41, 5.74) is 7.82. The third-order valence-electron chi connectivity index (χ3n) is 4.10. The third-order valence-corrected chi connectivity index (χ3v) is 4.68. The molecule has 3 nitrogen and oxygen atoms in total. The summed E-state index contributed by atoms with van der Waals surface area (Å²) < 4.78 is 6.03. The van der Waals surface area contributed by atoms with Gasteiger partial charge in [-0.25, -0.2) is 0 Å². The average molecular weight is 376 g/mol. The maximum Gasteiger partial charge on any atom is 0.123 e. The molecule has 0 amide bonds. The lowest BCUT2D eigenvalue weighted by atomic mass is 9.98. The number of ether oxygens (including phenoxy) is 1. The van der Waals surface area contributed by atoms with E-state index in [-0.39, 0.29) is 12.6 Å². The number of nitrogens with two attached hydrogens (primary N) is 1. The molecule has 3 rings (SSSR count). The van der Waals surface area contributed by atoms with Crippen LogP contribution in [0.1, 0.15) is 11.1 Å². The van der Waals surface area contributed by atoms with Gasteiger partial charge in [0.05, 0.1) is 6.61 Å². The number of aliphatic hydroxyl groups excluding tert-OH is 1. The monoisotopic (exact) mass is 375 g/mol. The Balaban J connectivity index is 1.93. The molecule has 130 valence electrons. The Hall–Kier alpha value is -1.78. The lowest BCUT2D eigenvalue weighted by Crippen LogP contribution is -2.27. The minimum Gasteiger partial charge on any atom is -0.489 e. The van der Waals surface area contributed by atoms with E-state index < -0.39 is 0 Å². The van der Waals surface area contributed by atoms with E-state index in [1.165, 1.54) is 0 Å². The van der Waals surface area contributed by atoms with Crippen LogP contribution in [0, 0.1) is 0 Å². The molecule has 5 heteroatoms. The average Bonchev–Trinajstić information content (AvgIpc) is 2.62. The molecular formula is C20H19Cl2NO2. The Bertz CT molecular complexity index is 883. The SMILES string of the molecule is NC(CO)Cc1c(OCc2ccc(Cl)cc2Cl)ccc2ccccc12. The Kier molecular flexibility index (Phi) is 5.82. The smallest absolute Gasteiger partial charge is 0.123 e. The highest BCUT2D eigenvalue weighted by atomic mass is 35.5. The summed E-state index contributed by atoms with van der Waals surface area (Å²) in [6.07, 6.45) is 0.529. The molecule has 0 spiro atoms. The standard InChI is InChI=1S/C20H19Cl2NO2/c21-15-7-5-14(19(22)9-15)12-25-20-8-6-13-3-1-2-4-17(13)18(20)10-16(23)11-24/h1-9,16,24H,10-12,23H2. The first-order chi connectivity index (χ1) is 12.1. The topological polar surface area (TPSA) is 55.5 Å². The lowest BCUT2D eigenvalue weighted by Gasteiger charge is -2.17. The third kappa shape index (κ3) is 4.25. The first-order valence-corrected chi connectivity index (χ1v) is 8.78. The van der Waals surface area contributed by atoms with E-state index in [1.807, 2.05) is 42.5 Å². The number of rotatable bonds is 6. The van der Waals surface area contributed by atoms with Gasteiger partial charge in [-0.05, 0) is 35.4 Å². The molecule has 0 aromatic heterocycles. The van der Waals surface area contributed by atoms with E-state index in [2.05, 4.69) is 0 Å². The second kappa shape index (κ2) is 8.07. The summed E-state index contributed by atoms with van der Waals surface area (Å²) in [7, 11) is 0. The van der Waals surface area contributed by atoms with Crippen LogP contribution < -0.4 is 10.5 Å². The van der Waals surface area contributed by atoms with Crippen molar-refractivity contribution < 1.29 is 9.84 Å². The molecule has 3 aromatic rings. The molecule has 0 fully saturated rings. The van der Waals surface area contributed by atoms with Crippen LogP contribution in [0.3, 0.4) is 0 Å². The Morgan fingerprint density at radius 2 is 1.84 bits per heavy atom. The van der Waals surface area contributed by atoms with E-state index in [0.717, 1.165) is 27.6 Å². The Labute approximate surface area is 156 Å². The van der Waals surface area contributed by atoms with Gasteiger partial charge in [0.15, 0.2) is 0 Å². The highest BCUT2D eigenvalue weighted by Gasteiger charge is 2.13. The van der Waals surface area contributed by atoms with Crippen molar-refractivity contribution in [2.75, 3.05) is 6.61 Å². The van der Waals surface area contributed by atoms with Crippen LogP contribution in [0.25, 0.3) is 10.8 Å². The van der Waals surface area contributed by atoms with Gasteiger partial charge in [-0.2, -0.15) is 0 Å². The predicted molar refractivity (Wildman–Crippen MR) is 104 cm³/mol. The molecule has 3 aromatic carbocycles.